The average Bonchev–Trinajstić information content (AvgIpc) is 3.34. The smallest absolute Gasteiger partial charge is 0.270 e. The second-order valence-electron chi connectivity index (χ2n) is 8.53. The van der Waals surface area contributed by atoms with Gasteiger partial charge in [-0.25, -0.2) is 0 Å². The number of amides is 3. The van der Waals surface area contributed by atoms with Gasteiger partial charge in [0.15, 0.2) is 5.69 Å². The van der Waals surface area contributed by atoms with Crippen LogP contribution in [0.3, 0.4) is 0 Å². The lowest BCUT2D eigenvalue weighted by Crippen LogP contribution is -2.44. The number of aromatic nitrogens is 2. The van der Waals surface area contributed by atoms with Crippen molar-refractivity contribution in [1.29, 1.82) is 0 Å². The van der Waals surface area contributed by atoms with Gasteiger partial charge in [-0.3, -0.25) is 19.4 Å². The van der Waals surface area contributed by atoms with Gasteiger partial charge in [0.25, 0.3) is 11.8 Å². The van der Waals surface area contributed by atoms with E-state index in [-0.39, 0.29) is 36.0 Å². The lowest BCUT2D eigenvalue weighted by atomic mass is 10.00. The van der Waals surface area contributed by atoms with Crippen molar-refractivity contribution in [3.8, 4) is 5.75 Å². The Morgan fingerprint density at radius 2 is 1.90 bits per heavy atom. The van der Waals surface area contributed by atoms with Crippen LogP contribution in [0.15, 0.2) is 60.8 Å². The third kappa shape index (κ3) is 5.97. The molecule has 0 saturated heterocycles. The molecule has 2 heterocycles. The molecule has 0 radical (unpaired) electrons. The number of benzene rings is 2. The van der Waals surface area contributed by atoms with Crippen molar-refractivity contribution < 1.29 is 23.9 Å². The van der Waals surface area contributed by atoms with E-state index in [1.807, 2.05) is 18.2 Å². The molecule has 4 aromatic rings. The molecule has 0 saturated carbocycles. The first-order chi connectivity index (χ1) is 18.8. The van der Waals surface area contributed by atoms with Crippen LogP contribution < -0.4 is 21.5 Å². The minimum Gasteiger partial charge on any atom is -0.496 e. The number of anilines is 1. The van der Waals surface area contributed by atoms with Gasteiger partial charge in [0.1, 0.15) is 16.7 Å². The predicted molar refractivity (Wildman–Crippen MR) is 147 cm³/mol. The van der Waals surface area contributed by atoms with Crippen molar-refractivity contribution in [2.45, 2.75) is 12.6 Å². The monoisotopic (exact) mass is 548 g/mol. The number of nitrogens with two attached hydrogens (primary N) is 2. The molecule has 0 spiro atoms. The maximum Gasteiger partial charge on any atom is 0.270 e. The molecule has 5 N–H and O–H groups in total. The van der Waals surface area contributed by atoms with Crippen LogP contribution in [-0.2, 0) is 16.1 Å². The number of nitrogens with one attached hydrogen (secondary N) is 1. The van der Waals surface area contributed by atoms with E-state index in [0.29, 0.717) is 16.9 Å². The van der Waals surface area contributed by atoms with Crippen molar-refractivity contribution in [2.24, 2.45) is 5.73 Å². The summed E-state index contributed by atoms with van der Waals surface area (Å²) in [7, 11) is 3.05. The lowest BCUT2D eigenvalue weighted by molar-refractivity contribution is -0.126. The third-order valence-electron chi connectivity index (χ3n) is 6.06. The first-order valence-electron chi connectivity index (χ1n) is 11.9. The fraction of sp³-hybridized carbons (Fsp3) is 0.222. The lowest BCUT2D eigenvalue weighted by Gasteiger charge is -2.32. The van der Waals surface area contributed by atoms with Gasteiger partial charge in [0.05, 0.1) is 31.5 Å². The standard InChI is InChI=1S/C27H28N6O5S/c1-37-13-12-31-26(35)23(17-9-10-19-16(14-17)7-5-11-30-19)33(15-18-6-3-4-8-20(18)38-2)27(36)24-21(28)22(25(29)34)32-39-24/h3-11,14,23H,12-13,15,28H2,1-2H3,(H2,29,34)(H,31,35)/t23-/m1/s1. The number of carbonyl (C=O) groups excluding carboxylic acids is 3. The van der Waals surface area contributed by atoms with E-state index < -0.39 is 23.8 Å². The van der Waals surface area contributed by atoms with Gasteiger partial charge in [-0.1, -0.05) is 30.3 Å². The molecule has 39 heavy (non-hydrogen) atoms. The Bertz CT molecular complexity index is 1510. The van der Waals surface area contributed by atoms with E-state index in [4.69, 9.17) is 20.9 Å². The highest BCUT2D eigenvalue weighted by Gasteiger charge is 2.35. The number of nitrogen functional groups attached to an aromatic ring is 1. The van der Waals surface area contributed by atoms with Crippen molar-refractivity contribution >= 4 is 45.8 Å². The van der Waals surface area contributed by atoms with Crippen LogP contribution in [0.5, 0.6) is 5.75 Å². The predicted octanol–water partition coefficient (Wildman–Crippen LogP) is 2.53. The molecule has 2 aromatic carbocycles. The number of rotatable bonds is 11. The van der Waals surface area contributed by atoms with E-state index in [2.05, 4.69) is 14.7 Å². The van der Waals surface area contributed by atoms with Crippen LogP contribution >= 0.6 is 11.5 Å². The van der Waals surface area contributed by atoms with Crippen LogP contribution in [-0.4, -0.2) is 59.4 Å². The van der Waals surface area contributed by atoms with E-state index in [1.54, 1.807) is 42.6 Å². The molecule has 0 bridgehead atoms. The van der Waals surface area contributed by atoms with Gasteiger partial charge in [0.2, 0.25) is 5.91 Å². The van der Waals surface area contributed by atoms with Gasteiger partial charge in [-0.2, -0.15) is 4.37 Å². The molecule has 0 unspecified atom stereocenters. The highest BCUT2D eigenvalue weighted by molar-refractivity contribution is 7.09. The molecule has 3 amide bonds. The summed E-state index contributed by atoms with van der Waals surface area (Å²) in [5, 5.41) is 3.64. The quantitative estimate of drug-likeness (QED) is 0.241. The van der Waals surface area contributed by atoms with Crippen LogP contribution in [0.25, 0.3) is 10.9 Å². The second-order valence-corrected chi connectivity index (χ2v) is 9.30. The Morgan fingerprint density at radius 1 is 1.10 bits per heavy atom. The zero-order valence-corrected chi connectivity index (χ0v) is 22.2. The number of hydrogen-bond acceptors (Lipinski definition) is 9. The normalized spacial score (nSPS) is 11.6. The van der Waals surface area contributed by atoms with Crippen molar-refractivity contribution in [3.05, 3.63) is 82.5 Å². The number of fused-ring (bicyclic) bond motifs is 1. The number of ether oxygens (including phenoxy) is 2. The summed E-state index contributed by atoms with van der Waals surface area (Å²) in [5.41, 5.74) is 13.1. The highest BCUT2D eigenvalue weighted by atomic mass is 32.1. The van der Waals surface area contributed by atoms with Gasteiger partial charge < -0.3 is 31.2 Å². The Balaban J connectivity index is 1.87. The maximum atomic E-state index is 14.1. The summed E-state index contributed by atoms with van der Waals surface area (Å²) in [6.07, 6.45) is 1.68. The Labute approximate surface area is 228 Å². The first kappa shape index (κ1) is 27.5. The number of carbonyl (C=O) groups is 3. The number of methoxy groups -OCH3 is 2. The molecule has 1 atom stereocenters. The van der Waals surface area contributed by atoms with Gasteiger partial charge >= 0.3 is 0 Å². The summed E-state index contributed by atoms with van der Waals surface area (Å²) >= 11 is 0.750. The largest absolute Gasteiger partial charge is 0.496 e. The van der Waals surface area contributed by atoms with E-state index in [1.165, 1.54) is 19.1 Å². The number of hydrogen-bond donors (Lipinski definition) is 3. The zero-order chi connectivity index (χ0) is 27.9. The van der Waals surface area contributed by atoms with E-state index in [0.717, 1.165) is 22.4 Å². The zero-order valence-electron chi connectivity index (χ0n) is 21.4. The van der Waals surface area contributed by atoms with Crippen molar-refractivity contribution in [3.63, 3.8) is 0 Å². The van der Waals surface area contributed by atoms with E-state index in [9.17, 15) is 14.4 Å². The van der Waals surface area contributed by atoms with Crippen molar-refractivity contribution in [2.75, 3.05) is 33.1 Å². The molecule has 202 valence electrons. The van der Waals surface area contributed by atoms with Gasteiger partial charge in [0, 0.05) is 30.8 Å². The molecule has 0 aliphatic rings. The molecule has 0 aliphatic carbocycles. The Hall–Kier alpha value is -4.55. The maximum absolute atomic E-state index is 14.1. The van der Waals surface area contributed by atoms with Gasteiger partial charge in [-0.15, -0.1) is 0 Å². The summed E-state index contributed by atoms with van der Waals surface area (Å²) < 4.78 is 14.6. The number of pyridine rings is 1. The number of nitrogens with zero attached hydrogens (tertiary/aromatic N) is 3. The summed E-state index contributed by atoms with van der Waals surface area (Å²) in [6, 6.07) is 15.1. The molecule has 12 heteroatoms. The average molecular weight is 549 g/mol. The van der Waals surface area contributed by atoms with Crippen molar-refractivity contribution in [1.82, 2.24) is 19.6 Å². The molecule has 0 fully saturated rings. The van der Waals surface area contributed by atoms with E-state index >= 15 is 0 Å². The molecule has 0 aliphatic heterocycles. The number of primary amides is 1. The fourth-order valence-electron chi connectivity index (χ4n) is 4.17. The van der Waals surface area contributed by atoms with Crippen LogP contribution in [0, 0.1) is 0 Å². The summed E-state index contributed by atoms with van der Waals surface area (Å²) in [6.45, 7) is 0.496. The molecular formula is C27H28N6O5S. The second kappa shape index (κ2) is 12.3. The third-order valence-corrected chi connectivity index (χ3v) is 6.91. The molecule has 2 aromatic heterocycles. The minimum atomic E-state index is -1.09. The van der Waals surface area contributed by atoms with Crippen LogP contribution in [0.4, 0.5) is 5.69 Å². The Morgan fingerprint density at radius 3 is 2.62 bits per heavy atom. The number of para-hydroxylation sites is 1. The Kier molecular flexibility index (Phi) is 8.69. The summed E-state index contributed by atoms with van der Waals surface area (Å²) in [4.78, 5) is 45.4. The molecule has 11 nitrogen and oxygen atoms in total. The topological polar surface area (TPSA) is 163 Å². The van der Waals surface area contributed by atoms with Gasteiger partial charge in [-0.05, 0) is 41.4 Å². The molecule has 4 rings (SSSR count). The first-order valence-corrected chi connectivity index (χ1v) is 12.7. The van der Waals surface area contributed by atoms with Crippen LogP contribution in [0.1, 0.15) is 37.3 Å². The SMILES string of the molecule is COCCNC(=O)[C@@H](c1ccc2ncccc2c1)N(Cc1ccccc1OC)C(=O)c1snc(C(N)=O)c1N. The highest BCUT2D eigenvalue weighted by Crippen LogP contribution is 2.33. The van der Waals surface area contributed by atoms with Crippen LogP contribution in [0.2, 0.25) is 0 Å². The molecular weight excluding hydrogens is 520 g/mol. The fourth-order valence-corrected chi connectivity index (χ4v) is 4.93. The summed E-state index contributed by atoms with van der Waals surface area (Å²) in [5.74, 6) is -1.35. The minimum absolute atomic E-state index is 0.00385.